The lowest BCUT2D eigenvalue weighted by Gasteiger charge is -2.23. The molecule has 3 heterocycles. The molecule has 2 amide bonds. The summed E-state index contributed by atoms with van der Waals surface area (Å²) in [7, 11) is -1.57. The molecule has 0 saturated carbocycles. The number of thiophene rings is 1. The van der Waals surface area contributed by atoms with Gasteiger partial charge in [0, 0.05) is 49.7 Å². The Morgan fingerprint density at radius 1 is 1.00 bits per heavy atom. The number of hydrogen-bond acceptors (Lipinski definition) is 6. The third kappa shape index (κ3) is 6.30. The van der Waals surface area contributed by atoms with Gasteiger partial charge in [0.1, 0.15) is 5.00 Å². The number of fused-ring (bicyclic) bond motifs is 1. The van der Waals surface area contributed by atoms with Gasteiger partial charge in [0.15, 0.2) is 0 Å². The Balaban J connectivity index is 1.55. The molecule has 1 fully saturated rings. The molecule has 1 aromatic carbocycles. The standard InChI is InChI=1S/C28H40N4O4S2/c1-4-6-17-32(18-7-5-2)38(35,36)22-12-10-21(11-13-22)26(33)29-27-25(28(34)31-15-8-9-16-31)23-14-19-30(3)20-24(23)37-27/h10-13H,4-9,14-20H2,1-3H3,(H,29,33). The van der Waals surface area contributed by atoms with Crippen LogP contribution >= 0.6 is 11.3 Å². The first-order valence-electron chi connectivity index (χ1n) is 13.8. The molecule has 1 saturated heterocycles. The van der Waals surface area contributed by atoms with Gasteiger partial charge >= 0.3 is 0 Å². The Morgan fingerprint density at radius 3 is 2.24 bits per heavy atom. The van der Waals surface area contributed by atoms with Gasteiger partial charge in [-0.25, -0.2) is 8.42 Å². The van der Waals surface area contributed by atoms with Gasteiger partial charge in [-0.2, -0.15) is 4.31 Å². The SMILES string of the molecule is CCCCN(CCCC)S(=O)(=O)c1ccc(C(=O)Nc2sc3c(c2C(=O)N2CCCC2)CCN(C)C3)cc1. The van der Waals surface area contributed by atoms with E-state index in [9.17, 15) is 18.0 Å². The van der Waals surface area contributed by atoms with Crippen molar-refractivity contribution in [3.63, 3.8) is 0 Å². The second kappa shape index (κ2) is 12.7. The zero-order valence-corrected chi connectivity index (χ0v) is 24.4. The van der Waals surface area contributed by atoms with Gasteiger partial charge < -0.3 is 15.1 Å². The third-order valence-corrected chi connectivity index (χ3v) is 10.4. The molecule has 10 heteroatoms. The van der Waals surface area contributed by atoms with Crippen molar-refractivity contribution in [3.8, 4) is 0 Å². The summed E-state index contributed by atoms with van der Waals surface area (Å²) in [5, 5.41) is 3.59. The molecule has 2 aromatic rings. The summed E-state index contributed by atoms with van der Waals surface area (Å²) in [6, 6.07) is 6.15. The first-order chi connectivity index (χ1) is 18.3. The van der Waals surface area contributed by atoms with E-state index in [-0.39, 0.29) is 16.7 Å². The number of nitrogens with one attached hydrogen (secondary N) is 1. The van der Waals surface area contributed by atoms with Crippen LogP contribution in [0.5, 0.6) is 0 Å². The molecule has 0 spiro atoms. The van der Waals surface area contributed by atoms with E-state index in [2.05, 4.69) is 17.3 Å². The number of carbonyl (C=O) groups is 2. The quantitative estimate of drug-likeness (QED) is 0.426. The highest BCUT2D eigenvalue weighted by atomic mass is 32.2. The summed E-state index contributed by atoms with van der Waals surface area (Å²) in [5.41, 5.74) is 2.05. The Hall–Kier alpha value is -2.27. The van der Waals surface area contributed by atoms with Crippen molar-refractivity contribution in [3.05, 3.63) is 45.8 Å². The minimum absolute atomic E-state index is 0.000504. The van der Waals surface area contributed by atoms with E-state index in [1.807, 2.05) is 18.7 Å². The lowest BCUT2D eigenvalue weighted by molar-refractivity contribution is 0.0792. The van der Waals surface area contributed by atoms with Crippen LogP contribution in [0.4, 0.5) is 5.00 Å². The minimum atomic E-state index is -3.63. The zero-order valence-electron chi connectivity index (χ0n) is 22.8. The predicted octanol–water partition coefficient (Wildman–Crippen LogP) is 4.82. The Bertz CT molecular complexity index is 1230. The number of benzene rings is 1. The molecule has 2 aliphatic rings. The smallest absolute Gasteiger partial charge is 0.257 e. The average Bonchev–Trinajstić information content (AvgIpc) is 3.56. The van der Waals surface area contributed by atoms with Crippen molar-refractivity contribution in [1.82, 2.24) is 14.1 Å². The molecule has 38 heavy (non-hydrogen) atoms. The molecule has 8 nitrogen and oxygen atoms in total. The van der Waals surface area contributed by atoms with E-state index >= 15 is 0 Å². The molecule has 0 radical (unpaired) electrons. The highest BCUT2D eigenvalue weighted by Crippen LogP contribution is 2.38. The van der Waals surface area contributed by atoms with Crippen molar-refractivity contribution in [2.24, 2.45) is 0 Å². The van der Waals surface area contributed by atoms with Crippen molar-refractivity contribution in [2.45, 2.75) is 70.2 Å². The number of unbranched alkanes of at least 4 members (excludes halogenated alkanes) is 2. The Morgan fingerprint density at radius 2 is 1.63 bits per heavy atom. The molecule has 0 aliphatic carbocycles. The largest absolute Gasteiger partial charge is 0.339 e. The van der Waals surface area contributed by atoms with Gasteiger partial charge in [0.2, 0.25) is 10.0 Å². The fourth-order valence-corrected chi connectivity index (χ4v) is 7.88. The molecular weight excluding hydrogens is 520 g/mol. The Kier molecular flexibility index (Phi) is 9.62. The zero-order chi connectivity index (χ0) is 27.3. The number of nitrogens with zero attached hydrogens (tertiary/aromatic N) is 3. The minimum Gasteiger partial charge on any atom is -0.339 e. The van der Waals surface area contributed by atoms with Gasteiger partial charge in [0.25, 0.3) is 11.8 Å². The molecule has 0 unspecified atom stereocenters. The third-order valence-electron chi connectivity index (χ3n) is 7.36. The van der Waals surface area contributed by atoms with Gasteiger partial charge in [0.05, 0.1) is 10.5 Å². The fourth-order valence-electron chi connectivity index (χ4n) is 5.05. The summed E-state index contributed by atoms with van der Waals surface area (Å²) in [6.45, 7) is 8.21. The number of hydrogen-bond donors (Lipinski definition) is 1. The van der Waals surface area contributed by atoms with E-state index in [1.165, 1.54) is 23.5 Å². The van der Waals surface area contributed by atoms with E-state index in [4.69, 9.17) is 0 Å². The topological polar surface area (TPSA) is 90.0 Å². The monoisotopic (exact) mass is 560 g/mol. The van der Waals surface area contributed by atoms with Crippen molar-refractivity contribution < 1.29 is 18.0 Å². The van der Waals surface area contributed by atoms with Crippen molar-refractivity contribution in [2.75, 3.05) is 45.1 Å². The van der Waals surface area contributed by atoms with E-state index in [0.29, 0.717) is 29.2 Å². The van der Waals surface area contributed by atoms with Crippen LogP contribution in [-0.2, 0) is 23.0 Å². The molecule has 0 bridgehead atoms. The van der Waals surface area contributed by atoms with Gasteiger partial charge in [-0.15, -0.1) is 11.3 Å². The highest BCUT2D eigenvalue weighted by Gasteiger charge is 2.31. The van der Waals surface area contributed by atoms with Crippen molar-refractivity contribution >= 4 is 38.2 Å². The molecule has 208 valence electrons. The number of sulfonamides is 1. The van der Waals surface area contributed by atoms with E-state index in [1.54, 1.807) is 16.4 Å². The fraction of sp³-hybridized carbons (Fsp3) is 0.571. The summed E-state index contributed by atoms with van der Waals surface area (Å²) in [5.74, 6) is -0.342. The van der Waals surface area contributed by atoms with Crippen LogP contribution in [-0.4, -0.2) is 74.1 Å². The van der Waals surface area contributed by atoms with Crippen LogP contribution in [0.15, 0.2) is 29.2 Å². The van der Waals surface area contributed by atoms with Crippen molar-refractivity contribution in [1.29, 1.82) is 0 Å². The molecular formula is C28H40N4O4S2. The normalized spacial score (nSPS) is 16.2. The van der Waals surface area contributed by atoms with E-state index < -0.39 is 10.0 Å². The first-order valence-corrected chi connectivity index (χ1v) is 16.1. The maximum atomic E-state index is 13.5. The summed E-state index contributed by atoms with van der Waals surface area (Å²) >= 11 is 1.48. The number of likely N-dealkylation sites (tertiary alicyclic amines) is 1. The number of anilines is 1. The summed E-state index contributed by atoms with van der Waals surface area (Å²) < 4.78 is 28.1. The number of rotatable bonds is 11. The molecule has 4 rings (SSSR count). The van der Waals surface area contributed by atoms with Crippen LogP contribution < -0.4 is 5.32 Å². The van der Waals surface area contributed by atoms with Crippen LogP contribution in [0, 0.1) is 0 Å². The molecule has 1 aromatic heterocycles. The van der Waals surface area contributed by atoms with E-state index in [0.717, 1.165) is 81.6 Å². The maximum absolute atomic E-state index is 13.5. The van der Waals surface area contributed by atoms with Crippen LogP contribution in [0.1, 0.15) is 83.5 Å². The maximum Gasteiger partial charge on any atom is 0.257 e. The lowest BCUT2D eigenvalue weighted by Crippen LogP contribution is -2.33. The molecule has 0 atom stereocenters. The van der Waals surface area contributed by atoms with Gasteiger partial charge in [-0.1, -0.05) is 26.7 Å². The van der Waals surface area contributed by atoms with Crippen LogP contribution in [0.25, 0.3) is 0 Å². The van der Waals surface area contributed by atoms with Crippen LogP contribution in [0.3, 0.4) is 0 Å². The predicted molar refractivity (Wildman–Crippen MR) is 152 cm³/mol. The second-order valence-electron chi connectivity index (χ2n) is 10.3. The number of carbonyl (C=O) groups excluding carboxylic acids is 2. The highest BCUT2D eigenvalue weighted by molar-refractivity contribution is 7.89. The summed E-state index contributed by atoms with van der Waals surface area (Å²) in [4.78, 5) is 32.2. The van der Waals surface area contributed by atoms with Gasteiger partial charge in [-0.3, -0.25) is 9.59 Å². The lowest BCUT2D eigenvalue weighted by atomic mass is 10.0. The van der Waals surface area contributed by atoms with Crippen LogP contribution in [0.2, 0.25) is 0 Å². The number of likely N-dealkylation sites (N-methyl/N-ethyl adjacent to an activating group) is 1. The Labute approximate surface area is 231 Å². The summed E-state index contributed by atoms with van der Waals surface area (Å²) in [6.07, 6.45) is 6.25. The first kappa shape index (κ1) is 28.7. The second-order valence-corrected chi connectivity index (χ2v) is 13.3. The number of amides is 2. The average molecular weight is 561 g/mol. The molecule has 1 N–H and O–H groups in total. The molecule has 2 aliphatic heterocycles. The van der Waals surface area contributed by atoms with Gasteiger partial charge in [-0.05, 0) is 69.0 Å².